The maximum absolute atomic E-state index is 12.9. The van der Waals surface area contributed by atoms with Gasteiger partial charge in [-0.15, -0.1) is 11.8 Å². The predicted octanol–water partition coefficient (Wildman–Crippen LogP) is 2.06. The Bertz CT molecular complexity index is 948. The zero-order valence-corrected chi connectivity index (χ0v) is 14.7. The lowest BCUT2D eigenvalue weighted by molar-refractivity contribution is -0.154. The molecule has 0 saturated heterocycles. The fourth-order valence-corrected chi connectivity index (χ4v) is 6.04. The summed E-state index contributed by atoms with van der Waals surface area (Å²) in [6.07, 6.45) is -0.369. The number of rotatable bonds is 3. The summed E-state index contributed by atoms with van der Waals surface area (Å²) >= 11 is 2.29. The summed E-state index contributed by atoms with van der Waals surface area (Å²) in [5.74, 6) is -1.33. The molecule has 7 nitrogen and oxygen atoms in total. The topological polar surface area (TPSA) is 106 Å². The van der Waals surface area contributed by atoms with Crippen molar-refractivity contribution in [1.29, 1.82) is 0 Å². The van der Waals surface area contributed by atoms with Crippen LogP contribution in [-0.4, -0.2) is 34.9 Å². The van der Waals surface area contributed by atoms with Crippen LogP contribution in [0.2, 0.25) is 0 Å². The number of aromatic nitrogens is 1. The molecule has 2 aliphatic rings. The van der Waals surface area contributed by atoms with Crippen molar-refractivity contribution >= 4 is 35.0 Å². The van der Waals surface area contributed by atoms with Crippen LogP contribution >= 0.6 is 23.1 Å². The molecule has 3 heterocycles. The van der Waals surface area contributed by atoms with Crippen molar-refractivity contribution in [2.24, 2.45) is 5.41 Å². The van der Waals surface area contributed by atoms with E-state index < -0.39 is 23.3 Å². The fraction of sp³-hybridized carbons (Fsp3) is 0.312. The summed E-state index contributed by atoms with van der Waals surface area (Å²) in [7, 11) is 1.47. The number of thiazole rings is 1. The van der Waals surface area contributed by atoms with Crippen LogP contribution in [0.3, 0.4) is 0 Å². The monoisotopic (exact) mass is 379 g/mol. The molecule has 1 aromatic carbocycles. The zero-order valence-electron chi connectivity index (χ0n) is 13.0. The summed E-state index contributed by atoms with van der Waals surface area (Å²) in [5.41, 5.74) is -0.592. The fourth-order valence-electron chi connectivity index (χ4n) is 3.49. The quantitative estimate of drug-likeness (QED) is 0.621. The van der Waals surface area contributed by atoms with E-state index in [0.29, 0.717) is 27.0 Å². The average molecular weight is 379 g/mol. The summed E-state index contributed by atoms with van der Waals surface area (Å²) in [5, 5.41) is 10.1. The van der Waals surface area contributed by atoms with Crippen molar-refractivity contribution in [3.8, 4) is 11.5 Å². The number of benzene rings is 1. The van der Waals surface area contributed by atoms with Crippen LogP contribution in [0.1, 0.15) is 22.8 Å². The van der Waals surface area contributed by atoms with Crippen LogP contribution in [0.15, 0.2) is 28.0 Å². The summed E-state index contributed by atoms with van der Waals surface area (Å²) < 4.78 is 10.8. The first-order chi connectivity index (χ1) is 12.0. The number of H-pyrrole nitrogens is 1. The van der Waals surface area contributed by atoms with Crippen LogP contribution in [0, 0.1) is 5.41 Å². The molecule has 2 N–H and O–H groups in total. The SMILES string of the molecule is COc1cccc2c1OC(=O)[C@]1(CC(=O)O)CSc3[nH]c(=O)sc3[C@@H]21. The first kappa shape index (κ1) is 16.2. The molecule has 0 radical (unpaired) electrons. The number of thioether (sulfide) groups is 1. The summed E-state index contributed by atoms with van der Waals surface area (Å²) in [4.78, 5) is 39.5. The number of hydrogen-bond acceptors (Lipinski definition) is 7. The molecular weight excluding hydrogens is 366 g/mol. The number of hydrogen-bond donors (Lipinski definition) is 2. The molecule has 0 amide bonds. The Morgan fingerprint density at radius 3 is 3.00 bits per heavy atom. The van der Waals surface area contributed by atoms with Gasteiger partial charge in [0.05, 0.1) is 18.6 Å². The number of fused-ring (bicyclic) bond motifs is 5. The first-order valence-corrected chi connectivity index (χ1v) is 9.23. The van der Waals surface area contributed by atoms with Crippen LogP contribution in [0.4, 0.5) is 0 Å². The second-order valence-corrected chi connectivity index (χ2v) is 7.92. The maximum atomic E-state index is 12.9. The Kier molecular flexibility index (Phi) is 3.66. The van der Waals surface area contributed by atoms with Crippen LogP contribution < -0.4 is 14.3 Å². The predicted molar refractivity (Wildman–Crippen MR) is 90.8 cm³/mol. The van der Waals surface area contributed by atoms with E-state index in [9.17, 15) is 19.5 Å². The summed E-state index contributed by atoms with van der Waals surface area (Å²) in [6, 6.07) is 5.23. The highest BCUT2D eigenvalue weighted by Gasteiger charge is 2.57. The highest BCUT2D eigenvalue weighted by molar-refractivity contribution is 7.99. The second-order valence-electron chi connectivity index (χ2n) is 5.92. The van der Waals surface area contributed by atoms with Gasteiger partial charge in [0.25, 0.3) is 0 Å². The van der Waals surface area contributed by atoms with Gasteiger partial charge in [-0.3, -0.25) is 14.4 Å². The minimum atomic E-state index is -1.26. The second kappa shape index (κ2) is 5.63. The maximum Gasteiger partial charge on any atom is 0.320 e. The molecule has 0 aliphatic carbocycles. The molecular formula is C16H13NO6S2. The average Bonchev–Trinajstić information content (AvgIpc) is 2.94. The summed E-state index contributed by atoms with van der Waals surface area (Å²) in [6.45, 7) is 0. The number of carbonyl (C=O) groups is 2. The van der Waals surface area contributed by atoms with Gasteiger partial charge in [0.2, 0.25) is 0 Å². The third kappa shape index (κ3) is 2.30. The number of aliphatic carboxylic acids is 1. The van der Waals surface area contributed by atoms with Crippen molar-refractivity contribution in [2.75, 3.05) is 12.9 Å². The van der Waals surface area contributed by atoms with E-state index >= 15 is 0 Å². The lowest BCUT2D eigenvalue weighted by atomic mass is 9.68. The van der Waals surface area contributed by atoms with Gasteiger partial charge in [-0.2, -0.15) is 0 Å². The molecule has 2 aliphatic heterocycles. The van der Waals surface area contributed by atoms with Gasteiger partial charge in [0.1, 0.15) is 5.41 Å². The number of carboxylic acid groups (broad SMARTS) is 1. The van der Waals surface area contributed by atoms with E-state index in [-0.39, 0.29) is 17.0 Å². The van der Waals surface area contributed by atoms with Crippen LogP contribution in [0.25, 0.3) is 0 Å². The number of ether oxygens (including phenoxy) is 2. The molecule has 0 bridgehead atoms. The van der Waals surface area contributed by atoms with Crippen molar-refractivity contribution in [3.63, 3.8) is 0 Å². The Morgan fingerprint density at radius 2 is 2.28 bits per heavy atom. The highest BCUT2D eigenvalue weighted by Crippen LogP contribution is 2.59. The molecule has 2 aromatic rings. The Morgan fingerprint density at radius 1 is 1.48 bits per heavy atom. The van der Waals surface area contributed by atoms with Gasteiger partial charge in [-0.25, -0.2) is 0 Å². The number of carboxylic acids is 1. The molecule has 1 aromatic heterocycles. The van der Waals surface area contributed by atoms with Crippen LogP contribution in [-0.2, 0) is 9.59 Å². The van der Waals surface area contributed by atoms with Crippen LogP contribution in [0.5, 0.6) is 11.5 Å². The standard InChI is InChI=1S/C16H13NO6S2/c1-22-8-4-2-3-7-10-12-13(17-15(21)25-12)24-6-16(10,5-9(18)19)14(20)23-11(7)8/h2-4,10H,5-6H2,1H3,(H,17,21)(H,18,19)/t10-,16-/m1/s1. The number of carbonyl (C=O) groups excluding carboxylic acids is 1. The minimum Gasteiger partial charge on any atom is -0.493 e. The molecule has 0 saturated carbocycles. The third-order valence-corrected chi connectivity index (χ3v) is 6.89. The van der Waals surface area contributed by atoms with Gasteiger partial charge in [-0.1, -0.05) is 23.5 Å². The molecule has 4 rings (SSSR count). The van der Waals surface area contributed by atoms with Crippen molar-refractivity contribution in [3.05, 3.63) is 38.3 Å². The van der Waals surface area contributed by atoms with E-state index in [1.165, 1.54) is 18.9 Å². The molecule has 0 fully saturated rings. The Labute approximate surface area is 150 Å². The first-order valence-electron chi connectivity index (χ1n) is 7.43. The number of methoxy groups -OCH3 is 1. The molecule has 25 heavy (non-hydrogen) atoms. The van der Waals surface area contributed by atoms with Crippen molar-refractivity contribution in [1.82, 2.24) is 4.98 Å². The van der Waals surface area contributed by atoms with Gasteiger partial charge in [0, 0.05) is 22.1 Å². The minimum absolute atomic E-state index is 0.221. The number of aromatic amines is 1. The van der Waals surface area contributed by atoms with E-state index in [0.717, 1.165) is 11.3 Å². The number of nitrogens with one attached hydrogen (secondary N) is 1. The van der Waals surface area contributed by atoms with Gasteiger partial charge < -0.3 is 19.6 Å². The smallest absolute Gasteiger partial charge is 0.320 e. The number of esters is 1. The third-order valence-electron chi connectivity index (χ3n) is 4.54. The molecule has 0 spiro atoms. The largest absolute Gasteiger partial charge is 0.493 e. The van der Waals surface area contributed by atoms with E-state index in [1.807, 2.05) is 0 Å². The number of para-hydroxylation sites is 1. The highest BCUT2D eigenvalue weighted by atomic mass is 32.2. The van der Waals surface area contributed by atoms with E-state index in [1.54, 1.807) is 18.2 Å². The van der Waals surface area contributed by atoms with Crippen molar-refractivity contribution in [2.45, 2.75) is 17.4 Å². The normalized spacial score (nSPS) is 23.9. The van der Waals surface area contributed by atoms with E-state index in [4.69, 9.17) is 9.47 Å². The van der Waals surface area contributed by atoms with E-state index in [2.05, 4.69) is 4.98 Å². The molecule has 0 unspecified atom stereocenters. The lowest BCUT2D eigenvalue weighted by Crippen LogP contribution is -2.49. The lowest BCUT2D eigenvalue weighted by Gasteiger charge is -2.43. The zero-order chi connectivity index (χ0) is 17.8. The molecule has 130 valence electrons. The molecule has 2 atom stereocenters. The van der Waals surface area contributed by atoms with Crippen molar-refractivity contribution < 1.29 is 24.2 Å². The van der Waals surface area contributed by atoms with Gasteiger partial charge in [-0.05, 0) is 6.07 Å². The van der Waals surface area contributed by atoms with Gasteiger partial charge in [0.15, 0.2) is 11.5 Å². The van der Waals surface area contributed by atoms with Gasteiger partial charge >= 0.3 is 16.8 Å². The Balaban J connectivity index is 2.01. The Hall–Kier alpha value is -2.26. The molecule has 9 heteroatoms.